The van der Waals surface area contributed by atoms with Gasteiger partial charge in [-0.3, -0.25) is 0 Å². The van der Waals surface area contributed by atoms with Gasteiger partial charge in [-0.25, -0.2) is 4.99 Å². The number of fused-ring (bicyclic) bond motifs is 1. The van der Waals surface area contributed by atoms with Crippen molar-refractivity contribution in [3.63, 3.8) is 0 Å². The third-order valence-corrected chi connectivity index (χ3v) is 5.23. The largest absolute Gasteiger partial charge is 0.381 e. The molecule has 2 heterocycles. The molecule has 3 rings (SSSR count). The molecule has 2 aromatic rings. The smallest absolute Gasteiger partial charge is 0.193 e. The molecule has 0 amide bonds. The van der Waals surface area contributed by atoms with Gasteiger partial charge in [0.1, 0.15) is 0 Å². The standard InChI is InChI=1S/C18H25N3OS.HI/c1-3-19-18(21(2)11-14-8-9-22-12-14)20-10-15-13-23-17-7-5-4-6-16(15)17;/h4-7,13-14H,3,8-12H2,1-2H3,(H,19,20);1H. The van der Waals surface area contributed by atoms with Crippen molar-refractivity contribution < 1.29 is 4.74 Å². The van der Waals surface area contributed by atoms with Gasteiger partial charge in [0.15, 0.2) is 5.96 Å². The number of rotatable bonds is 5. The molecule has 0 spiro atoms. The molecule has 0 bridgehead atoms. The molecular formula is C18H26IN3OS. The average molecular weight is 459 g/mol. The van der Waals surface area contributed by atoms with E-state index in [4.69, 9.17) is 9.73 Å². The van der Waals surface area contributed by atoms with Crippen molar-refractivity contribution >= 4 is 51.4 Å². The van der Waals surface area contributed by atoms with Gasteiger partial charge in [-0.1, -0.05) is 18.2 Å². The summed E-state index contributed by atoms with van der Waals surface area (Å²) in [7, 11) is 2.12. The number of ether oxygens (including phenoxy) is 1. The van der Waals surface area contributed by atoms with Crippen LogP contribution in [0.3, 0.4) is 0 Å². The first-order valence-electron chi connectivity index (χ1n) is 8.30. The van der Waals surface area contributed by atoms with Gasteiger partial charge in [0.2, 0.25) is 0 Å². The predicted molar refractivity (Wildman–Crippen MR) is 114 cm³/mol. The van der Waals surface area contributed by atoms with Crippen molar-refractivity contribution in [2.24, 2.45) is 10.9 Å². The Balaban J connectivity index is 0.00000208. The lowest BCUT2D eigenvalue weighted by molar-refractivity contribution is 0.181. The molecule has 1 aromatic heterocycles. The van der Waals surface area contributed by atoms with Gasteiger partial charge in [0, 0.05) is 37.4 Å². The summed E-state index contributed by atoms with van der Waals surface area (Å²) in [4.78, 5) is 7.08. The number of halogens is 1. The summed E-state index contributed by atoms with van der Waals surface area (Å²) in [5, 5.41) is 6.95. The maximum absolute atomic E-state index is 5.48. The van der Waals surface area contributed by atoms with Crippen molar-refractivity contribution in [3.05, 3.63) is 35.2 Å². The SMILES string of the molecule is CCNC(=NCc1csc2ccccc12)N(C)CC1CCOC1.I. The quantitative estimate of drug-likeness (QED) is 0.418. The second-order valence-electron chi connectivity index (χ2n) is 6.04. The van der Waals surface area contributed by atoms with E-state index in [-0.39, 0.29) is 24.0 Å². The Kier molecular flexibility index (Phi) is 7.77. The molecule has 132 valence electrons. The van der Waals surface area contributed by atoms with E-state index in [1.165, 1.54) is 15.6 Å². The number of thiophene rings is 1. The topological polar surface area (TPSA) is 36.9 Å². The molecule has 1 saturated heterocycles. The summed E-state index contributed by atoms with van der Waals surface area (Å²) in [6.45, 7) is 6.48. The van der Waals surface area contributed by atoms with Gasteiger partial charge in [0.25, 0.3) is 0 Å². The van der Waals surface area contributed by atoms with Crippen LogP contribution in [0.15, 0.2) is 34.6 Å². The minimum Gasteiger partial charge on any atom is -0.381 e. The zero-order chi connectivity index (χ0) is 16.1. The molecule has 24 heavy (non-hydrogen) atoms. The van der Waals surface area contributed by atoms with Crippen LogP contribution in [0.5, 0.6) is 0 Å². The number of nitrogens with zero attached hydrogens (tertiary/aromatic N) is 2. The first-order valence-corrected chi connectivity index (χ1v) is 9.18. The molecule has 0 aliphatic carbocycles. The summed E-state index contributed by atoms with van der Waals surface area (Å²) in [5.74, 6) is 1.60. The Morgan fingerprint density at radius 1 is 1.42 bits per heavy atom. The maximum Gasteiger partial charge on any atom is 0.193 e. The van der Waals surface area contributed by atoms with E-state index in [9.17, 15) is 0 Å². The lowest BCUT2D eigenvalue weighted by Crippen LogP contribution is -2.41. The lowest BCUT2D eigenvalue weighted by Gasteiger charge is -2.24. The Morgan fingerprint density at radius 3 is 3.00 bits per heavy atom. The number of aliphatic imine (C=N–C) groups is 1. The molecule has 1 atom stereocenters. The van der Waals surface area contributed by atoms with E-state index >= 15 is 0 Å². The van der Waals surface area contributed by atoms with E-state index < -0.39 is 0 Å². The number of guanidine groups is 1. The third-order valence-electron chi connectivity index (χ3n) is 4.21. The summed E-state index contributed by atoms with van der Waals surface area (Å²) < 4.78 is 6.81. The second-order valence-corrected chi connectivity index (χ2v) is 6.95. The maximum atomic E-state index is 5.48. The van der Waals surface area contributed by atoms with Crippen molar-refractivity contribution in [1.82, 2.24) is 10.2 Å². The Morgan fingerprint density at radius 2 is 2.25 bits per heavy atom. The van der Waals surface area contributed by atoms with Crippen LogP contribution >= 0.6 is 35.3 Å². The molecule has 1 aromatic carbocycles. The van der Waals surface area contributed by atoms with E-state index in [1.54, 1.807) is 11.3 Å². The summed E-state index contributed by atoms with van der Waals surface area (Å²) in [6.07, 6.45) is 1.15. The first kappa shape index (κ1) is 19.5. The van der Waals surface area contributed by atoms with Gasteiger partial charge in [-0.05, 0) is 35.7 Å². The summed E-state index contributed by atoms with van der Waals surface area (Å²) >= 11 is 1.79. The van der Waals surface area contributed by atoms with Crippen LogP contribution in [0.1, 0.15) is 18.9 Å². The molecule has 0 radical (unpaired) electrons. The van der Waals surface area contributed by atoms with Gasteiger partial charge < -0.3 is 15.0 Å². The van der Waals surface area contributed by atoms with Gasteiger partial charge in [-0.15, -0.1) is 35.3 Å². The highest BCUT2D eigenvalue weighted by Crippen LogP contribution is 2.26. The van der Waals surface area contributed by atoms with Crippen LogP contribution in [0.4, 0.5) is 0 Å². The fourth-order valence-corrected chi connectivity index (χ4v) is 3.94. The monoisotopic (exact) mass is 459 g/mol. The Labute approximate surface area is 165 Å². The Bertz CT molecular complexity index is 667. The van der Waals surface area contributed by atoms with E-state index in [2.05, 4.69) is 53.8 Å². The highest BCUT2D eigenvalue weighted by atomic mass is 127. The highest BCUT2D eigenvalue weighted by molar-refractivity contribution is 14.0. The molecular weight excluding hydrogens is 433 g/mol. The Hall–Kier alpha value is -0.860. The van der Waals surface area contributed by atoms with Crippen LogP contribution < -0.4 is 5.32 Å². The third kappa shape index (κ3) is 4.83. The van der Waals surface area contributed by atoms with E-state index in [0.717, 1.165) is 45.2 Å². The molecule has 0 saturated carbocycles. The molecule has 6 heteroatoms. The van der Waals surface area contributed by atoms with Crippen LogP contribution in [0.2, 0.25) is 0 Å². The van der Waals surface area contributed by atoms with Crippen LogP contribution in [0, 0.1) is 5.92 Å². The minimum absolute atomic E-state index is 0. The van der Waals surface area contributed by atoms with Crippen molar-refractivity contribution in [2.45, 2.75) is 19.9 Å². The average Bonchev–Trinajstić information content (AvgIpc) is 3.21. The summed E-state index contributed by atoms with van der Waals surface area (Å²) in [6, 6.07) is 8.54. The molecule has 1 aliphatic rings. The number of benzene rings is 1. The molecule has 4 nitrogen and oxygen atoms in total. The van der Waals surface area contributed by atoms with Crippen molar-refractivity contribution in [2.75, 3.05) is 33.4 Å². The normalized spacial score (nSPS) is 17.8. The van der Waals surface area contributed by atoms with Crippen LogP contribution in [-0.4, -0.2) is 44.2 Å². The predicted octanol–water partition coefficient (Wildman–Crippen LogP) is 3.95. The van der Waals surface area contributed by atoms with Gasteiger partial charge >= 0.3 is 0 Å². The molecule has 1 aliphatic heterocycles. The lowest BCUT2D eigenvalue weighted by atomic mass is 10.1. The van der Waals surface area contributed by atoms with Crippen LogP contribution in [0.25, 0.3) is 10.1 Å². The van der Waals surface area contributed by atoms with E-state index in [0.29, 0.717) is 5.92 Å². The van der Waals surface area contributed by atoms with Crippen LogP contribution in [-0.2, 0) is 11.3 Å². The zero-order valence-corrected chi connectivity index (χ0v) is 17.5. The van der Waals surface area contributed by atoms with Gasteiger partial charge in [0.05, 0.1) is 13.2 Å². The first-order chi connectivity index (χ1) is 11.3. The fraction of sp³-hybridized carbons (Fsp3) is 0.500. The second kappa shape index (κ2) is 9.58. The van der Waals surface area contributed by atoms with E-state index in [1.807, 2.05) is 0 Å². The fourth-order valence-electron chi connectivity index (χ4n) is 2.99. The number of hydrogen-bond donors (Lipinski definition) is 1. The molecule has 1 fully saturated rings. The number of nitrogens with one attached hydrogen (secondary N) is 1. The molecule has 1 N–H and O–H groups in total. The summed E-state index contributed by atoms with van der Waals surface area (Å²) in [5.41, 5.74) is 1.30. The zero-order valence-electron chi connectivity index (χ0n) is 14.3. The number of hydrogen-bond acceptors (Lipinski definition) is 3. The van der Waals surface area contributed by atoms with Crippen molar-refractivity contribution in [1.29, 1.82) is 0 Å². The minimum atomic E-state index is 0. The molecule has 1 unspecified atom stereocenters. The van der Waals surface area contributed by atoms with Gasteiger partial charge in [-0.2, -0.15) is 0 Å². The van der Waals surface area contributed by atoms with Crippen molar-refractivity contribution in [3.8, 4) is 0 Å². The highest BCUT2D eigenvalue weighted by Gasteiger charge is 2.19.